The van der Waals surface area contributed by atoms with E-state index in [0.29, 0.717) is 5.89 Å². The number of amides is 2. The van der Waals surface area contributed by atoms with Crippen LogP contribution in [0.5, 0.6) is 0 Å². The first-order chi connectivity index (χ1) is 11.2. The molecule has 5 heteroatoms. The first kappa shape index (κ1) is 14.8. The molecule has 0 saturated heterocycles. The SMILES string of the molecule is Cc1cnc(CNC(=O)Nc2ccccc2-c2ccccc2)o1. The Morgan fingerprint density at radius 2 is 1.83 bits per heavy atom. The number of hydrogen-bond acceptors (Lipinski definition) is 3. The van der Waals surface area contributed by atoms with E-state index in [2.05, 4.69) is 15.6 Å². The predicted octanol–water partition coefficient (Wildman–Crippen LogP) is 3.97. The zero-order valence-electron chi connectivity index (χ0n) is 12.7. The Hall–Kier alpha value is -3.08. The van der Waals surface area contributed by atoms with Crippen LogP contribution in [-0.2, 0) is 6.54 Å². The topological polar surface area (TPSA) is 67.2 Å². The molecule has 0 spiro atoms. The Bertz CT molecular complexity index is 797. The first-order valence-corrected chi connectivity index (χ1v) is 7.33. The van der Waals surface area contributed by atoms with E-state index in [1.807, 2.05) is 61.5 Å². The average molecular weight is 307 g/mol. The van der Waals surface area contributed by atoms with Crippen LogP contribution in [0.15, 0.2) is 65.2 Å². The molecule has 0 aliphatic carbocycles. The molecule has 0 fully saturated rings. The van der Waals surface area contributed by atoms with Crippen molar-refractivity contribution in [3.63, 3.8) is 0 Å². The van der Waals surface area contributed by atoms with E-state index in [4.69, 9.17) is 4.42 Å². The van der Waals surface area contributed by atoms with Crippen LogP contribution in [0, 0.1) is 6.92 Å². The van der Waals surface area contributed by atoms with E-state index in [-0.39, 0.29) is 12.6 Å². The highest BCUT2D eigenvalue weighted by molar-refractivity contribution is 5.94. The maximum atomic E-state index is 12.1. The standard InChI is InChI=1S/C18H17N3O2/c1-13-11-19-17(23-13)12-20-18(22)21-16-10-6-5-9-15(16)14-7-3-2-4-8-14/h2-11H,12H2,1H3,(H2,20,21,22). The van der Waals surface area contributed by atoms with Crippen LogP contribution in [0.1, 0.15) is 11.7 Å². The lowest BCUT2D eigenvalue weighted by molar-refractivity contribution is 0.250. The highest BCUT2D eigenvalue weighted by Gasteiger charge is 2.09. The van der Waals surface area contributed by atoms with Crippen molar-refractivity contribution in [1.82, 2.24) is 10.3 Å². The molecule has 0 atom stereocenters. The fourth-order valence-electron chi connectivity index (χ4n) is 2.27. The molecule has 3 aromatic rings. The lowest BCUT2D eigenvalue weighted by Gasteiger charge is -2.11. The maximum Gasteiger partial charge on any atom is 0.319 e. The van der Waals surface area contributed by atoms with Crippen molar-refractivity contribution in [2.75, 3.05) is 5.32 Å². The van der Waals surface area contributed by atoms with E-state index in [1.165, 1.54) is 0 Å². The Morgan fingerprint density at radius 1 is 1.09 bits per heavy atom. The van der Waals surface area contributed by atoms with Crippen LogP contribution in [0.4, 0.5) is 10.5 Å². The van der Waals surface area contributed by atoms with Crippen molar-refractivity contribution in [2.45, 2.75) is 13.5 Å². The van der Waals surface area contributed by atoms with E-state index in [0.717, 1.165) is 22.6 Å². The summed E-state index contributed by atoms with van der Waals surface area (Å²) < 4.78 is 5.32. The highest BCUT2D eigenvalue weighted by Crippen LogP contribution is 2.27. The van der Waals surface area contributed by atoms with Crippen molar-refractivity contribution in [3.8, 4) is 11.1 Å². The minimum atomic E-state index is -0.302. The normalized spacial score (nSPS) is 10.3. The third-order valence-electron chi connectivity index (χ3n) is 3.33. The number of nitrogens with zero attached hydrogens (tertiary/aromatic N) is 1. The number of anilines is 1. The van der Waals surface area contributed by atoms with Gasteiger partial charge in [-0.2, -0.15) is 0 Å². The average Bonchev–Trinajstić information content (AvgIpc) is 3.00. The molecule has 1 heterocycles. The molecule has 0 aliphatic heterocycles. The van der Waals surface area contributed by atoms with Crippen molar-refractivity contribution >= 4 is 11.7 Å². The molecule has 2 N–H and O–H groups in total. The predicted molar refractivity (Wildman–Crippen MR) is 89.0 cm³/mol. The first-order valence-electron chi connectivity index (χ1n) is 7.33. The second-order valence-corrected chi connectivity index (χ2v) is 5.08. The van der Waals surface area contributed by atoms with Crippen LogP contribution >= 0.6 is 0 Å². The summed E-state index contributed by atoms with van der Waals surface area (Å²) in [5, 5.41) is 5.60. The van der Waals surface area contributed by atoms with Gasteiger partial charge < -0.3 is 15.1 Å². The summed E-state index contributed by atoms with van der Waals surface area (Å²) in [5.74, 6) is 1.20. The van der Waals surface area contributed by atoms with Gasteiger partial charge in [-0.1, -0.05) is 48.5 Å². The number of urea groups is 1. The molecule has 0 radical (unpaired) electrons. The van der Waals surface area contributed by atoms with Crippen LogP contribution in [0.25, 0.3) is 11.1 Å². The smallest absolute Gasteiger partial charge is 0.319 e. The molecule has 3 rings (SSSR count). The maximum absolute atomic E-state index is 12.1. The zero-order chi connectivity index (χ0) is 16.1. The summed E-state index contributed by atoms with van der Waals surface area (Å²) in [5.41, 5.74) is 2.77. The summed E-state index contributed by atoms with van der Waals surface area (Å²) in [6.07, 6.45) is 1.62. The van der Waals surface area contributed by atoms with E-state index >= 15 is 0 Å². The number of rotatable bonds is 4. The largest absolute Gasteiger partial charge is 0.444 e. The number of nitrogens with one attached hydrogen (secondary N) is 2. The molecule has 0 bridgehead atoms. The van der Waals surface area contributed by atoms with Gasteiger partial charge in [0, 0.05) is 5.56 Å². The Balaban J connectivity index is 1.69. The molecule has 0 unspecified atom stereocenters. The Labute approximate surface area is 134 Å². The van der Waals surface area contributed by atoms with Crippen LogP contribution in [0.3, 0.4) is 0 Å². The van der Waals surface area contributed by atoms with E-state index in [1.54, 1.807) is 6.20 Å². The molecule has 2 amide bonds. The summed E-state index contributed by atoms with van der Waals surface area (Å²) in [6.45, 7) is 2.06. The van der Waals surface area contributed by atoms with Gasteiger partial charge in [-0.3, -0.25) is 0 Å². The Morgan fingerprint density at radius 3 is 2.57 bits per heavy atom. The fourth-order valence-corrected chi connectivity index (χ4v) is 2.27. The minimum Gasteiger partial charge on any atom is -0.444 e. The van der Waals surface area contributed by atoms with Gasteiger partial charge in [0.05, 0.1) is 18.4 Å². The number of carbonyl (C=O) groups is 1. The molecule has 0 saturated carbocycles. The van der Waals surface area contributed by atoms with Gasteiger partial charge in [-0.25, -0.2) is 9.78 Å². The zero-order valence-corrected chi connectivity index (χ0v) is 12.7. The second-order valence-electron chi connectivity index (χ2n) is 5.08. The number of carbonyl (C=O) groups excluding carboxylic acids is 1. The van der Waals surface area contributed by atoms with Gasteiger partial charge in [-0.15, -0.1) is 0 Å². The van der Waals surface area contributed by atoms with Gasteiger partial charge in [0.1, 0.15) is 5.76 Å². The molecule has 0 aliphatic rings. The van der Waals surface area contributed by atoms with Gasteiger partial charge >= 0.3 is 6.03 Å². The molecular formula is C18H17N3O2. The summed E-state index contributed by atoms with van der Waals surface area (Å²) >= 11 is 0. The molecular weight excluding hydrogens is 290 g/mol. The van der Waals surface area contributed by atoms with Gasteiger partial charge in [0.25, 0.3) is 0 Å². The summed E-state index contributed by atoms with van der Waals surface area (Å²) in [4.78, 5) is 16.1. The number of benzene rings is 2. The molecule has 1 aromatic heterocycles. The minimum absolute atomic E-state index is 0.243. The molecule has 23 heavy (non-hydrogen) atoms. The lowest BCUT2D eigenvalue weighted by Crippen LogP contribution is -2.28. The molecule has 2 aromatic carbocycles. The van der Waals surface area contributed by atoms with Crippen molar-refractivity contribution in [2.24, 2.45) is 0 Å². The lowest BCUT2D eigenvalue weighted by atomic mass is 10.0. The number of aryl methyl sites for hydroxylation is 1. The number of oxazole rings is 1. The Kier molecular flexibility index (Phi) is 4.38. The fraction of sp³-hybridized carbons (Fsp3) is 0.111. The molecule has 116 valence electrons. The molecule has 5 nitrogen and oxygen atoms in total. The van der Waals surface area contributed by atoms with Crippen LogP contribution in [-0.4, -0.2) is 11.0 Å². The third-order valence-corrected chi connectivity index (χ3v) is 3.33. The van der Waals surface area contributed by atoms with Crippen LogP contribution in [0.2, 0.25) is 0 Å². The monoisotopic (exact) mass is 307 g/mol. The number of aromatic nitrogens is 1. The van der Waals surface area contributed by atoms with E-state index < -0.39 is 0 Å². The quantitative estimate of drug-likeness (QED) is 0.766. The second kappa shape index (κ2) is 6.79. The van der Waals surface area contributed by atoms with Crippen molar-refractivity contribution in [1.29, 1.82) is 0 Å². The van der Waals surface area contributed by atoms with Crippen molar-refractivity contribution in [3.05, 3.63) is 72.4 Å². The van der Waals surface area contributed by atoms with Gasteiger partial charge in [-0.05, 0) is 18.6 Å². The van der Waals surface area contributed by atoms with Crippen LogP contribution < -0.4 is 10.6 Å². The number of hydrogen-bond donors (Lipinski definition) is 2. The highest BCUT2D eigenvalue weighted by atomic mass is 16.4. The summed E-state index contributed by atoms with van der Waals surface area (Å²) in [6, 6.07) is 17.3. The summed E-state index contributed by atoms with van der Waals surface area (Å²) in [7, 11) is 0. The van der Waals surface area contributed by atoms with E-state index in [9.17, 15) is 4.79 Å². The number of para-hydroxylation sites is 1. The van der Waals surface area contributed by atoms with Gasteiger partial charge in [0.2, 0.25) is 5.89 Å². The third kappa shape index (κ3) is 3.77. The van der Waals surface area contributed by atoms with Gasteiger partial charge in [0.15, 0.2) is 0 Å². The van der Waals surface area contributed by atoms with Crippen molar-refractivity contribution < 1.29 is 9.21 Å².